The number of hydrogen-bond acceptors (Lipinski definition) is 16. The third kappa shape index (κ3) is 7.35. The third-order valence-corrected chi connectivity index (χ3v) is 13.4. The first-order valence-electron chi connectivity index (χ1n) is 13.1. The largest absolute Gasteiger partial charge is 0.439 e. The van der Waals surface area contributed by atoms with Gasteiger partial charge < -0.3 is 19.1 Å². The van der Waals surface area contributed by atoms with Crippen LogP contribution in [0, 0.1) is 0 Å². The summed E-state index contributed by atoms with van der Waals surface area (Å²) >= 11 is 1.15. The number of nitrogens with zero attached hydrogens (tertiary/aromatic N) is 4. The van der Waals surface area contributed by atoms with Gasteiger partial charge in [0.2, 0.25) is 0 Å². The Labute approximate surface area is 275 Å². The number of ether oxygens (including phenoxy) is 2. The van der Waals surface area contributed by atoms with E-state index < -0.39 is 71.4 Å². The first-order valence-corrected chi connectivity index (χ1v) is 18.4. The molecule has 258 valence electrons. The van der Waals surface area contributed by atoms with Gasteiger partial charge in [-0.2, -0.15) is 0 Å². The van der Waals surface area contributed by atoms with Crippen molar-refractivity contribution in [2.45, 2.75) is 49.3 Å². The highest BCUT2D eigenvalue weighted by Crippen LogP contribution is 2.48. The summed E-state index contributed by atoms with van der Waals surface area (Å²) in [6, 6.07) is -0.663. The maximum Gasteiger partial charge on any atom is 0.439 e. The Morgan fingerprint density at radius 3 is 1.50 bits per heavy atom. The molecule has 0 bridgehead atoms. The van der Waals surface area contributed by atoms with E-state index in [4.69, 9.17) is 19.1 Å². The van der Waals surface area contributed by atoms with Crippen molar-refractivity contribution in [2.24, 2.45) is 0 Å². The van der Waals surface area contributed by atoms with Crippen LogP contribution >= 0.6 is 24.3 Å². The molecule has 3 rings (SSSR count). The Bertz CT molecular complexity index is 1640. The first-order chi connectivity index (χ1) is 20.9. The lowest BCUT2D eigenvalue weighted by Gasteiger charge is -2.37. The van der Waals surface area contributed by atoms with Gasteiger partial charge >= 0.3 is 24.4 Å². The first kappa shape index (κ1) is 37.3. The number of rotatable bonds is 4. The number of carbonyl (C=O) groups excluding carboxylic acids is 4. The minimum Gasteiger partial charge on any atom is -0.409 e. The predicted molar refractivity (Wildman–Crippen MR) is 167 cm³/mol. The normalized spacial score (nSPS) is 21.5. The second-order valence-corrected chi connectivity index (χ2v) is 19.1. The molecule has 0 radical (unpaired) electrons. The van der Waals surface area contributed by atoms with E-state index in [1.165, 1.54) is 68.0 Å². The standard InChI is InChI=1S/C24H36N6O12S4/c1-23(2,45(9,35)36)17-13-11-12-14-15(16(13)40-20(32)28(6)44-29(7)21(33)41-25-17)18(24(3,4)46(10,37)38)26-42-22(34)30(8)43-27(5)19(31)39-14/h11-12,17-18,25-26H,1-10H3. The molecule has 2 aliphatic heterocycles. The van der Waals surface area contributed by atoms with E-state index in [2.05, 4.69) is 11.0 Å². The van der Waals surface area contributed by atoms with Gasteiger partial charge in [0.05, 0.1) is 51.4 Å². The lowest BCUT2D eigenvalue weighted by Crippen LogP contribution is -2.47. The third-order valence-electron chi connectivity index (χ3n) is 7.52. The molecule has 1 aromatic rings. The number of hydrogen-bond donors (Lipinski definition) is 2. The van der Waals surface area contributed by atoms with Gasteiger partial charge in [-0.25, -0.2) is 53.2 Å². The molecule has 2 aliphatic rings. The summed E-state index contributed by atoms with van der Waals surface area (Å²) in [5.74, 6) is -0.820. The van der Waals surface area contributed by atoms with Crippen molar-refractivity contribution in [1.29, 1.82) is 0 Å². The molecular weight excluding hydrogens is 693 g/mol. The molecule has 2 unspecified atom stereocenters. The fourth-order valence-electron chi connectivity index (χ4n) is 4.02. The van der Waals surface area contributed by atoms with Gasteiger partial charge in [-0.1, -0.05) is 0 Å². The van der Waals surface area contributed by atoms with Crippen molar-refractivity contribution < 1.29 is 55.2 Å². The highest BCUT2D eigenvalue weighted by Gasteiger charge is 2.49. The van der Waals surface area contributed by atoms with E-state index >= 15 is 0 Å². The van der Waals surface area contributed by atoms with Crippen LogP contribution in [-0.4, -0.2) is 109 Å². The maximum absolute atomic E-state index is 13.5. The Balaban J connectivity index is 2.54. The Morgan fingerprint density at radius 1 is 0.652 bits per heavy atom. The fourth-order valence-corrected chi connectivity index (χ4v) is 6.36. The summed E-state index contributed by atoms with van der Waals surface area (Å²) in [4.78, 5) is 62.8. The molecule has 2 N–H and O–H groups in total. The highest BCUT2D eigenvalue weighted by atomic mass is 32.2. The number of fused-ring (bicyclic) bond motifs is 3. The van der Waals surface area contributed by atoms with Crippen molar-refractivity contribution in [3.8, 4) is 11.5 Å². The van der Waals surface area contributed by atoms with Gasteiger partial charge in [-0.05, 0) is 39.8 Å². The molecule has 0 saturated heterocycles. The molecule has 1 aromatic carbocycles. The highest BCUT2D eigenvalue weighted by molar-refractivity contribution is 7.96. The van der Waals surface area contributed by atoms with Crippen LogP contribution in [0.25, 0.3) is 0 Å². The quantitative estimate of drug-likeness (QED) is 0.427. The summed E-state index contributed by atoms with van der Waals surface area (Å²) in [7, 11) is -3.00. The smallest absolute Gasteiger partial charge is 0.409 e. The molecule has 0 saturated carbocycles. The van der Waals surface area contributed by atoms with Crippen LogP contribution in [0.4, 0.5) is 19.2 Å². The molecule has 2 heterocycles. The van der Waals surface area contributed by atoms with Crippen molar-refractivity contribution in [3.63, 3.8) is 0 Å². The second kappa shape index (κ2) is 13.1. The van der Waals surface area contributed by atoms with E-state index in [1.54, 1.807) is 0 Å². The van der Waals surface area contributed by atoms with Crippen LogP contribution in [-0.2, 0) is 29.3 Å². The summed E-state index contributed by atoms with van der Waals surface area (Å²) in [5.41, 5.74) is 4.46. The zero-order valence-electron chi connectivity index (χ0n) is 26.6. The Morgan fingerprint density at radius 2 is 1.04 bits per heavy atom. The number of nitrogens with one attached hydrogen (secondary N) is 2. The lowest BCUT2D eigenvalue weighted by atomic mass is 9.88. The Hall–Kier alpha value is -3.18. The lowest BCUT2D eigenvalue weighted by molar-refractivity contribution is 0.0480. The van der Waals surface area contributed by atoms with E-state index in [9.17, 15) is 36.0 Å². The minimum absolute atomic E-state index is 0.133. The van der Waals surface area contributed by atoms with E-state index in [-0.39, 0.29) is 16.9 Å². The molecule has 22 heteroatoms. The average Bonchev–Trinajstić information content (AvgIpc) is 2.94. The van der Waals surface area contributed by atoms with Crippen molar-refractivity contribution >= 4 is 68.3 Å². The van der Waals surface area contributed by atoms with Crippen LogP contribution in [0.3, 0.4) is 0 Å². The predicted octanol–water partition coefficient (Wildman–Crippen LogP) is 2.58. The van der Waals surface area contributed by atoms with Crippen LogP contribution in [0.1, 0.15) is 50.9 Å². The van der Waals surface area contributed by atoms with Crippen LogP contribution < -0.4 is 20.4 Å². The molecule has 4 amide bonds. The molecule has 0 aromatic heterocycles. The summed E-state index contributed by atoms with van der Waals surface area (Å²) in [5, 5.41) is 0. The Kier molecular flexibility index (Phi) is 10.6. The summed E-state index contributed by atoms with van der Waals surface area (Å²) < 4.78 is 64.2. The van der Waals surface area contributed by atoms with Crippen molar-refractivity contribution in [3.05, 3.63) is 23.3 Å². The van der Waals surface area contributed by atoms with Crippen molar-refractivity contribution in [1.82, 2.24) is 28.2 Å². The van der Waals surface area contributed by atoms with E-state index in [1.807, 2.05) is 0 Å². The number of hydroxylamine groups is 2. The minimum atomic E-state index is -4.09. The monoisotopic (exact) mass is 728 g/mol. The molecule has 0 aliphatic carbocycles. The molecule has 18 nitrogen and oxygen atoms in total. The second-order valence-electron chi connectivity index (χ2n) is 11.4. The van der Waals surface area contributed by atoms with Gasteiger partial charge in [-0.3, -0.25) is 0 Å². The van der Waals surface area contributed by atoms with E-state index in [0.717, 1.165) is 29.7 Å². The SMILES string of the molecule is CN1SN(C)C(=O)Oc2ccc3c(c2C(C(C)(C)S(C)(=O)=O)NOC1=O)OC(=O)N(C)SN(C)C(=O)ONC3C(C)(C)S(C)(=O)=O. The molecule has 0 spiro atoms. The van der Waals surface area contributed by atoms with Gasteiger partial charge in [-0.15, -0.1) is 11.0 Å². The van der Waals surface area contributed by atoms with Gasteiger partial charge in [0.1, 0.15) is 11.5 Å². The summed E-state index contributed by atoms with van der Waals surface area (Å²) in [6.45, 7) is 5.20. The summed E-state index contributed by atoms with van der Waals surface area (Å²) in [6.07, 6.45) is -2.35. The van der Waals surface area contributed by atoms with Crippen LogP contribution in [0.5, 0.6) is 11.5 Å². The molecule has 2 atom stereocenters. The van der Waals surface area contributed by atoms with Crippen LogP contribution in [0.2, 0.25) is 0 Å². The number of amides is 4. The van der Waals surface area contributed by atoms with Crippen molar-refractivity contribution in [2.75, 3.05) is 40.7 Å². The number of carbonyl (C=O) groups is 4. The fraction of sp³-hybridized carbons (Fsp3) is 0.583. The number of sulfone groups is 2. The van der Waals surface area contributed by atoms with Crippen LogP contribution in [0.15, 0.2) is 12.1 Å². The molecule has 46 heavy (non-hydrogen) atoms. The number of benzene rings is 1. The maximum atomic E-state index is 13.5. The van der Waals surface area contributed by atoms with Gasteiger partial charge in [0.15, 0.2) is 19.7 Å². The van der Waals surface area contributed by atoms with Gasteiger partial charge in [0, 0.05) is 46.3 Å². The molecular formula is C24H36N6O12S4. The zero-order valence-corrected chi connectivity index (χ0v) is 29.9. The van der Waals surface area contributed by atoms with Gasteiger partial charge in [0.25, 0.3) is 0 Å². The van der Waals surface area contributed by atoms with E-state index in [0.29, 0.717) is 24.3 Å². The zero-order chi connectivity index (χ0) is 35.2. The average molecular weight is 729 g/mol. The molecule has 0 fully saturated rings. The topological polar surface area (TPSA) is 210 Å².